The number of nitrogens with zero attached hydrogens (tertiary/aromatic N) is 5. The summed E-state index contributed by atoms with van der Waals surface area (Å²) in [6.45, 7) is 7.59. The first kappa shape index (κ1) is 18.3. The number of piperidine rings is 1. The predicted molar refractivity (Wildman–Crippen MR) is 95.9 cm³/mol. The minimum Gasteiger partial charge on any atom is -0.357 e. The maximum absolute atomic E-state index is 11.7. The molecular formula is C17H30N6O. The Morgan fingerprint density at radius 2 is 2.25 bits per heavy atom. The standard InChI is InChI=1S/C17H30N6O/c1-5-19-17(20-8-6-16(24)21(3)4)22-10-7-14(2)15(12-22)23-11-9-18-13-23/h9,11,13-15H,5-8,10,12H2,1-4H3,(H,19,20). The highest BCUT2D eigenvalue weighted by atomic mass is 16.2. The average Bonchev–Trinajstić information content (AvgIpc) is 3.08. The number of imidazole rings is 1. The van der Waals surface area contributed by atoms with E-state index in [2.05, 4.69) is 38.6 Å². The molecule has 1 aromatic rings. The topological polar surface area (TPSA) is 65.8 Å². The van der Waals surface area contributed by atoms with Gasteiger partial charge in [0.05, 0.1) is 18.9 Å². The molecule has 1 aliphatic heterocycles. The van der Waals surface area contributed by atoms with Gasteiger partial charge < -0.3 is 19.7 Å². The Labute approximate surface area is 144 Å². The molecular weight excluding hydrogens is 304 g/mol. The molecule has 0 bridgehead atoms. The normalized spacial score (nSPS) is 21.7. The van der Waals surface area contributed by atoms with Gasteiger partial charge in [0.25, 0.3) is 0 Å². The van der Waals surface area contributed by atoms with E-state index in [1.807, 2.05) is 18.7 Å². The summed E-state index contributed by atoms with van der Waals surface area (Å²) in [5.41, 5.74) is 0. The summed E-state index contributed by atoms with van der Waals surface area (Å²) in [5.74, 6) is 1.62. The van der Waals surface area contributed by atoms with E-state index in [0.29, 0.717) is 24.9 Å². The zero-order valence-electron chi connectivity index (χ0n) is 15.3. The molecule has 0 saturated carbocycles. The largest absolute Gasteiger partial charge is 0.357 e. The van der Waals surface area contributed by atoms with Gasteiger partial charge in [0.15, 0.2) is 5.96 Å². The minimum absolute atomic E-state index is 0.109. The van der Waals surface area contributed by atoms with Crippen LogP contribution in [0, 0.1) is 5.92 Å². The third-order valence-electron chi connectivity index (χ3n) is 4.55. The Morgan fingerprint density at radius 3 is 2.88 bits per heavy atom. The van der Waals surface area contributed by atoms with Crippen molar-refractivity contribution >= 4 is 11.9 Å². The number of guanidine groups is 1. The molecule has 0 spiro atoms. The van der Waals surface area contributed by atoms with Gasteiger partial charge in [-0.3, -0.25) is 9.79 Å². The molecule has 1 saturated heterocycles. The van der Waals surface area contributed by atoms with E-state index in [-0.39, 0.29) is 5.91 Å². The maximum atomic E-state index is 11.7. The quantitative estimate of drug-likeness (QED) is 0.649. The van der Waals surface area contributed by atoms with Gasteiger partial charge in [-0.1, -0.05) is 6.92 Å². The second kappa shape index (κ2) is 8.70. The number of carbonyl (C=O) groups excluding carboxylic acids is 1. The fourth-order valence-corrected chi connectivity index (χ4v) is 3.00. The van der Waals surface area contributed by atoms with E-state index in [1.165, 1.54) is 0 Å². The summed E-state index contributed by atoms with van der Waals surface area (Å²) in [6.07, 6.45) is 7.31. The number of rotatable bonds is 5. The first-order valence-corrected chi connectivity index (χ1v) is 8.73. The molecule has 1 N–H and O–H groups in total. The summed E-state index contributed by atoms with van der Waals surface area (Å²) in [5, 5.41) is 3.36. The van der Waals surface area contributed by atoms with Crippen molar-refractivity contribution in [3.05, 3.63) is 18.7 Å². The van der Waals surface area contributed by atoms with E-state index in [4.69, 9.17) is 0 Å². The van der Waals surface area contributed by atoms with E-state index in [0.717, 1.165) is 32.0 Å². The van der Waals surface area contributed by atoms with Crippen molar-refractivity contribution in [3.63, 3.8) is 0 Å². The highest BCUT2D eigenvalue weighted by Gasteiger charge is 2.28. The Hall–Kier alpha value is -2.05. The van der Waals surface area contributed by atoms with Crippen molar-refractivity contribution < 1.29 is 4.79 Å². The van der Waals surface area contributed by atoms with Gasteiger partial charge >= 0.3 is 0 Å². The Balaban J connectivity index is 2.02. The molecule has 1 amide bonds. The van der Waals surface area contributed by atoms with Crippen LogP contribution in [-0.4, -0.2) is 71.5 Å². The van der Waals surface area contributed by atoms with Crippen LogP contribution in [0.3, 0.4) is 0 Å². The monoisotopic (exact) mass is 334 g/mol. The van der Waals surface area contributed by atoms with Crippen LogP contribution in [0.25, 0.3) is 0 Å². The molecule has 0 aromatic carbocycles. The van der Waals surface area contributed by atoms with Gasteiger partial charge in [0, 0.05) is 52.5 Å². The van der Waals surface area contributed by atoms with Gasteiger partial charge in [0.1, 0.15) is 0 Å². The predicted octanol–water partition coefficient (Wildman–Crippen LogP) is 1.21. The second-order valence-corrected chi connectivity index (χ2v) is 6.56. The van der Waals surface area contributed by atoms with Crippen LogP contribution in [0.1, 0.15) is 32.7 Å². The van der Waals surface area contributed by atoms with Gasteiger partial charge in [-0.05, 0) is 19.3 Å². The molecule has 0 aliphatic carbocycles. The van der Waals surface area contributed by atoms with E-state index in [1.54, 1.807) is 19.0 Å². The number of hydrogen-bond acceptors (Lipinski definition) is 3. The van der Waals surface area contributed by atoms with Gasteiger partial charge in [0.2, 0.25) is 5.91 Å². The number of aromatic nitrogens is 2. The molecule has 1 fully saturated rings. The molecule has 2 unspecified atom stereocenters. The van der Waals surface area contributed by atoms with Crippen LogP contribution in [0.5, 0.6) is 0 Å². The third-order valence-corrected chi connectivity index (χ3v) is 4.55. The molecule has 0 radical (unpaired) electrons. The number of likely N-dealkylation sites (tertiary alicyclic amines) is 1. The lowest BCUT2D eigenvalue weighted by molar-refractivity contribution is -0.128. The van der Waals surface area contributed by atoms with Crippen molar-refractivity contribution in [2.75, 3.05) is 40.3 Å². The summed E-state index contributed by atoms with van der Waals surface area (Å²) < 4.78 is 2.19. The van der Waals surface area contributed by atoms with Crippen molar-refractivity contribution in [3.8, 4) is 0 Å². The van der Waals surface area contributed by atoms with Crippen LogP contribution in [-0.2, 0) is 4.79 Å². The average molecular weight is 334 g/mol. The number of carbonyl (C=O) groups is 1. The van der Waals surface area contributed by atoms with Gasteiger partial charge in [-0.15, -0.1) is 0 Å². The van der Waals surface area contributed by atoms with Crippen LogP contribution >= 0.6 is 0 Å². The molecule has 2 rings (SSSR count). The molecule has 7 nitrogen and oxygen atoms in total. The molecule has 24 heavy (non-hydrogen) atoms. The second-order valence-electron chi connectivity index (χ2n) is 6.56. The molecule has 7 heteroatoms. The number of hydrogen-bond donors (Lipinski definition) is 1. The van der Waals surface area contributed by atoms with Gasteiger partial charge in [-0.25, -0.2) is 4.98 Å². The maximum Gasteiger partial charge on any atom is 0.223 e. The van der Waals surface area contributed by atoms with Gasteiger partial charge in [-0.2, -0.15) is 0 Å². The highest BCUT2D eigenvalue weighted by molar-refractivity contribution is 5.81. The lowest BCUT2D eigenvalue weighted by atomic mass is 9.93. The van der Waals surface area contributed by atoms with Crippen molar-refractivity contribution in [1.29, 1.82) is 0 Å². The van der Waals surface area contributed by atoms with Crippen LogP contribution < -0.4 is 5.32 Å². The van der Waals surface area contributed by atoms with Crippen LogP contribution in [0.15, 0.2) is 23.7 Å². The molecule has 2 heterocycles. The molecule has 134 valence electrons. The van der Waals surface area contributed by atoms with Crippen molar-refractivity contribution in [2.24, 2.45) is 10.9 Å². The van der Waals surface area contributed by atoms with E-state index < -0.39 is 0 Å². The Morgan fingerprint density at radius 1 is 1.46 bits per heavy atom. The molecule has 1 aliphatic rings. The smallest absolute Gasteiger partial charge is 0.223 e. The zero-order chi connectivity index (χ0) is 17.5. The first-order valence-electron chi connectivity index (χ1n) is 8.73. The highest BCUT2D eigenvalue weighted by Crippen LogP contribution is 2.27. The number of nitrogens with one attached hydrogen (secondary N) is 1. The SMILES string of the molecule is CCNC(=NCCC(=O)N(C)C)N1CCC(C)C(n2ccnc2)C1. The summed E-state index contributed by atoms with van der Waals surface area (Å²) in [6, 6.07) is 0.397. The summed E-state index contributed by atoms with van der Waals surface area (Å²) in [7, 11) is 3.55. The van der Waals surface area contributed by atoms with Crippen LogP contribution in [0.4, 0.5) is 0 Å². The van der Waals surface area contributed by atoms with Crippen molar-refractivity contribution in [2.45, 2.75) is 32.7 Å². The molecule has 2 atom stereocenters. The Kier molecular flexibility index (Phi) is 6.63. The minimum atomic E-state index is 0.109. The molecule has 1 aromatic heterocycles. The number of aliphatic imine (C=N–C) groups is 1. The van der Waals surface area contributed by atoms with E-state index >= 15 is 0 Å². The fraction of sp³-hybridized carbons (Fsp3) is 0.706. The lowest BCUT2D eigenvalue weighted by Gasteiger charge is -2.39. The lowest BCUT2D eigenvalue weighted by Crippen LogP contribution is -2.49. The summed E-state index contributed by atoms with van der Waals surface area (Å²) in [4.78, 5) is 24.5. The number of amides is 1. The van der Waals surface area contributed by atoms with E-state index in [9.17, 15) is 4.79 Å². The zero-order valence-corrected chi connectivity index (χ0v) is 15.3. The van der Waals surface area contributed by atoms with Crippen LogP contribution in [0.2, 0.25) is 0 Å². The first-order chi connectivity index (χ1) is 11.5. The Bertz CT molecular complexity index is 539. The summed E-state index contributed by atoms with van der Waals surface area (Å²) >= 11 is 0. The fourth-order valence-electron chi connectivity index (χ4n) is 3.00. The van der Waals surface area contributed by atoms with Crippen molar-refractivity contribution in [1.82, 2.24) is 24.7 Å². The third kappa shape index (κ3) is 4.72.